The molecule has 0 aliphatic carbocycles. The number of nitrogens with one attached hydrogen (secondary N) is 1. The molecule has 6 heteroatoms. The van der Waals surface area contributed by atoms with Gasteiger partial charge in [-0.3, -0.25) is 0 Å². The molecule has 5 nitrogen and oxygen atoms in total. The molecule has 0 amide bonds. The molecule has 0 aromatic heterocycles. The fourth-order valence-corrected chi connectivity index (χ4v) is 2.57. The van der Waals surface area contributed by atoms with Crippen LogP contribution in [0.4, 0.5) is 0 Å². The minimum absolute atomic E-state index is 0.0473. The summed E-state index contributed by atoms with van der Waals surface area (Å²) in [6, 6.07) is -0.0473. The van der Waals surface area contributed by atoms with Crippen LogP contribution in [0.3, 0.4) is 0 Å². The van der Waals surface area contributed by atoms with Crippen molar-refractivity contribution in [1.82, 2.24) is 5.32 Å². The molecule has 0 spiro atoms. The Hall–Kier alpha value is -0.170. The number of ether oxygens (including phenoxy) is 2. The van der Waals surface area contributed by atoms with E-state index in [9.17, 15) is 8.42 Å². The molecule has 1 atom stereocenters. The van der Waals surface area contributed by atoms with Crippen LogP contribution in [0.15, 0.2) is 0 Å². The fourth-order valence-electron chi connectivity index (χ4n) is 1.55. The third-order valence-corrected chi connectivity index (χ3v) is 3.24. The van der Waals surface area contributed by atoms with Gasteiger partial charge in [-0.1, -0.05) is 0 Å². The van der Waals surface area contributed by atoms with Gasteiger partial charge < -0.3 is 14.8 Å². The molecule has 0 heterocycles. The van der Waals surface area contributed by atoms with Crippen LogP contribution in [-0.2, 0) is 19.3 Å². The van der Waals surface area contributed by atoms with Crippen LogP contribution in [-0.4, -0.2) is 52.5 Å². The largest absolute Gasteiger partial charge is 0.353 e. The topological polar surface area (TPSA) is 64.6 Å². The highest BCUT2D eigenvalue weighted by Gasteiger charge is 2.11. The summed E-state index contributed by atoms with van der Waals surface area (Å²) in [5, 5.41) is 3.15. The molecule has 1 unspecified atom stereocenters. The Labute approximate surface area is 105 Å². The van der Waals surface area contributed by atoms with E-state index in [1.165, 1.54) is 6.26 Å². The average molecular weight is 267 g/mol. The van der Waals surface area contributed by atoms with Crippen LogP contribution in [0.2, 0.25) is 0 Å². The van der Waals surface area contributed by atoms with E-state index in [1.807, 2.05) is 20.8 Å². The molecule has 0 aliphatic heterocycles. The summed E-state index contributed by atoms with van der Waals surface area (Å²) in [6.45, 7) is 7.61. The first-order valence-corrected chi connectivity index (χ1v) is 8.09. The van der Waals surface area contributed by atoms with Gasteiger partial charge in [-0.15, -0.1) is 0 Å². The van der Waals surface area contributed by atoms with E-state index in [1.54, 1.807) is 0 Å². The Morgan fingerprint density at radius 1 is 1.18 bits per heavy atom. The van der Waals surface area contributed by atoms with Crippen molar-refractivity contribution in [3.63, 3.8) is 0 Å². The second-order valence-electron chi connectivity index (χ2n) is 4.08. The maximum absolute atomic E-state index is 11.1. The van der Waals surface area contributed by atoms with Gasteiger partial charge in [-0.05, 0) is 20.8 Å². The summed E-state index contributed by atoms with van der Waals surface area (Å²) < 4.78 is 32.9. The zero-order chi connectivity index (χ0) is 13.3. The maximum atomic E-state index is 11.1. The molecule has 104 valence electrons. The highest BCUT2D eigenvalue weighted by molar-refractivity contribution is 7.90. The molecule has 0 aromatic rings. The maximum Gasteiger partial charge on any atom is 0.158 e. The molecule has 0 rings (SSSR count). The lowest BCUT2D eigenvalue weighted by Crippen LogP contribution is -2.35. The predicted octanol–water partition coefficient (Wildman–Crippen LogP) is 0.798. The summed E-state index contributed by atoms with van der Waals surface area (Å²) in [7, 11) is -2.92. The Kier molecular flexibility index (Phi) is 8.77. The van der Waals surface area contributed by atoms with E-state index >= 15 is 0 Å². The standard InChI is InChI=1S/C11H25NO4S/c1-5-15-11(16-6-2)7-8-12-10(3)9-17(4,13)14/h10-12H,5-9H2,1-4H3. The van der Waals surface area contributed by atoms with Gasteiger partial charge in [-0.2, -0.15) is 0 Å². The molecule has 0 aromatic carbocycles. The van der Waals surface area contributed by atoms with Gasteiger partial charge in [0.1, 0.15) is 9.84 Å². The van der Waals surface area contributed by atoms with E-state index in [4.69, 9.17) is 9.47 Å². The second kappa shape index (κ2) is 8.85. The molecule has 0 radical (unpaired) electrons. The van der Waals surface area contributed by atoms with E-state index in [2.05, 4.69) is 5.32 Å². The van der Waals surface area contributed by atoms with Gasteiger partial charge in [-0.25, -0.2) is 8.42 Å². The van der Waals surface area contributed by atoms with Crippen LogP contribution in [0.5, 0.6) is 0 Å². The quantitative estimate of drug-likeness (QED) is 0.593. The van der Waals surface area contributed by atoms with Crippen LogP contribution in [0.1, 0.15) is 27.2 Å². The molecular weight excluding hydrogens is 242 g/mol. The lowest BCUT2D eigenvalue weighted by atomic mass is 10.3. The third-order valence-electron chi connectivity index (χ3n) is 2.13. The summed E-state index contributed by atoms with van der Waals surface area (Å²) in [4.78, 5) is 0. The fraction of sp³-hybridized carbons (Fsp3) is 1.00. The second-order valence-corrected chi connectivity index (χ2v) is 6.26. The van der Waals surface area contributed by atoms with E-state index in [0.717, 1.165) is 6.42 Å². The molecule has 0 bridgehead atoms. The summed E-state index contributed by atoms with van der Waals surface area (Å²) in [5.41, 5.74) is 0. The first-order valence-electron chi connectivity index (χ1n) is 6.03. The van der Waals surface area contributed by atoms with Gasteiger partial charge in [0, 0.05) is 38.5 Å². The van der Waals surface area contributed by atoms with Crippen molar-refractivity contribution in [1.29, 1.82) is 0 Å². The van der Waals surface area contributed by atoms with Crippen molar-refractivity contribution in [2.45, 2.75) is 39.5 Å². The van der Waals surface area contributed by atoms with Crippen molar-refractivity contribution < 1.29 is 17.9 Å². The van der Waals surface area contributed by atoms with Gasteiger partial charge in [0.05, 0.1) is 5.75 Å². The number of hydrogen-bond donors (Lipinski definition) is 1. The van der Waals surface area contributed by atoms with Gasteiger partial charge >= 0.3 is 0 Å². The smallest absolute Gasteiger partial charge is 0.158 e. The van der Waals surface area contributed by atoms with E-state index in [0.29, 0.717) is 19.8 Å². The molecule has 0 saturated carbocycles. The molecule has 0 fully saturated rings. The van der Waals surface area contributed by atoms with Crippen molar-refractivity contribution >= 4 is 9.84 Å². The molecule has 1 N–H and O–H groups in total. The summed E-state index contributed by atoms with van der Waals surface area (Å²) >= 11 is 0. The minimum atomic E-state index is -2.92. The zero-order valence-corrected chi connectivity index (χ0v) is 12.0. The average Bonchev–Trinajstić information content (AvgIpc) is 2.15. The highest BCUT2D eigenvalue weighted by Crippen LogP contribution is 2.00. The van der Waals surface area contributed by atoms with Crippen molar-refractivity contribution in [2.75, 3.05) is 31.8 Å². The molecule has 0 saturated heterocycles. The highest BCUT2D eigenvalue weighted by atomic mass is 32.2. The minimum Gasteiger partial charge on any atom is -0.353 e. The van der Waals surface area contributed by atoms with Crippen molar-refractivity contribution in [3.8, 4) is 0 Å². The van der Waals surface area contributed by atoms with Crippen molar-refractivity contribution in [2.24, 2.45) is 0 Å². The van der Waals surface area contributed by atoms with E-state index in [-0.39, 0.29) is 18.1 Å². The third kappa shape index (κ3) is 10.7. The molecular formula is C11H25NO4S. The number of sulfone groups is 1. The van der Waals surface area contributed by atoms with Crippen molar-refractivity contribution in [3.05, 3.63) is 0 Å². The molecule has 17 heavy (non-hydrogen) atoms. The number of hydrogen-bond acceptors (Lipinski definition) is 5. The number of rotatable bonds is 10. The molecule has 0 aliphatic rings. The predicted molar refractivity (Wildman–Crippen MR) is 68.8 cm³/mol. The lowest BCUT2D eigenvalue weighted by molar-refractivity contribution is -0.138. The van der Waals surface area contributed by atoms with Gasteiger partial charge in [0.15, 0.2) is 6.29 Å². The van der Waals surface area contributed by atoms with Gasteiger partial charge in [0.2, 0.25) is 0 Å². The zero-order valence-electron chi connectivity index (χ0n) is 11.2. The lowest BCUT2D eigenvalue weighted by Gasteiger charge is -2.18. The first kappa shape index (κ1) is 16.8. The van der Waals surface area contributed by atoms with Crippen LogP contribution >= 0.6 is 0 Å². The van der Waals surface area contributed by atoms with Crippen LogP contribution in [0.25, 0.3) is 0 Å². The monoisotopic (exact) mass is 267 g/mol. The van der Waals surface area contributed by atoms with Gasteiger partial charge in [0.25, 0.3) is 0 Å². The Morgan fingerprint density at radius 2 is 1.71 bits per heavy atom. The van der Waals surface area contributed by atoms with E-state index < -0.39 is 9.84 Å². The summed E-state index contributed by atoms with van der Waals surface area (Å²) in [5.74, 6) is 0.154. The summed E-state index contributed by atoms with van der Waals surface area (Å²) in [6.07, 6.45) is 1.76. The van der Waals surface area contributed by atoms with Crippen LogP contribution < -0.4 is 5.32 Å². The Balaban J connectivity index is 3.79. The van der Waals surface area contributed by atoms with Crippen LogP contribution in [0, 0.1) is 0 Å². The normalized spacial score (nSPS) is 14.2. The Bertz CT molecular complexity index is 273. The first-order chi connectivity index (χ1) is 7.89. The SMILES string of the molecule is CCOC(CCNC(C)CS(C)(=O)=O)OCC. The Morgan fingerprint density at radius 3 is 2.12 bits per heavy atom.